The fraction of sp³-hybridized carbons (Fsp3) is 0.571. The van der Waals surface area contributed by atoms with Crippen LogP contribution in [0, 0.1) is 11.8 Å². The van der Waals surface area contributed by atoms with Gasteiger partial charge in [-0.2, -0.15) is 0 Å². The van der Waals surface area contributed by atoms with Crippen molar-refractivity contribution in [1.82, 2.24) is 9.80 Å². The van der Waals surface area contributed by atoms with Crippen molar-refractivity contribution in [2.75, 3.05) is 34.3 Å². The first kappa shape index (κ1) is 26.2. The molecule has 2 aromatic rings. The van der Waals surface area contributed by atoms with Crippen LogP contribution in [0.5, 0.6) is 23.0 Å². The first-order valence-corrected chi connectivity index (χ1v) is 16.0. The largest absolute Gasteiger partial charge is 0.504 e. The zero-order valence-corrected chi connectivity index (χ0v) is 25.1. The summed E-state index contributed by atoms with van der Waals surface area (Å²) >= 11 is 0. The maximum absolute atomic E-state index is 12.5. The molecule has 4 aliphatic carbocycles. The van der Waals surface area contributed by atoms with Crippen molar-refractivity contribution in [3.05, 3.63) is 58.4 Å². The maximum atomic E-state index is 12.5. The van der Waals surface area contributed by atoms with Gasteiger partial charge >= 0.3 is 0 Å². The van der Waals surface area contributed by atoms with Gasteiger partial charge in [0.2, 0.25) is 0 Å². The lowest BCUT2D eigenvalue weighted by Gasteiger charge is -2.57. The summed E-state index contributed by atoms with van der Waals surface area (Å²) in [4.78, 5) is 17.5. The molecule has 2 aromatic carbocycles. The molecule has 43 heavy (non-hydrogen) atoms. The highest BCUT2D eigenvalue weighted by Crippen LogP contribution is 2.64. The number of ketones is 1. The Kier molecular flexibility index (Phi) is 5.30. The van der Waals surface area contributed by atoms with Gasteiger partial charge in [0.25, 0.3) is 0 Å². The predicted octanol–water partition coefficient (Wildman–Crippen LogP) is 3.83. The summed E-state index contributed by atoms with van der Waals surface area (Å²) in [5.41, 5.74) is 4.87. The summed E-state index contributed by atoms with van der Waals surface area (Å²) in [7, 11) is 6.17. The molecule has 0 aromatic heterocycles. The van der Waals surface area contributed by atoms with Crippen LogP contribution in [0.3, 0.4) is 0 Å². The average molecular weight is 585 g/mol. The Bertz CT molecular complexity index is 1600. The number of carbonyl (C=O) groups is 1. The lowest BCUT2D eigenvalue weighted by atomic mass is 9.52. The van der Waals surface area contributed by atoms with Crippen molar-refractivity contribution >= 4 is 5.78 Å². The third-order valence-electron chi connectivity index (χ3n) is 12.8. The van der Waals surface area contributed by atoms with Gasteiger partial charge in [0, 0.05) is 40.5 Å². The van der Waals surface area contributed by atoms with Crippen LogP contribution in [0.25, 0.3) is 0 Å². The SMILES string of the molecule is CN1CCC23c4c5ccc(O)c4OC2C(=O)CCC3C1C5.COC1=CCC2C3Cc4ccc(O)c5c4C2(CCN3C)C1O5. The van der Waals surface area contributed by atoms with E-state index in [1.54, 1.807) is 19.2 Å². The Morgan fingerprint density at radius 3 is 2.00 bits per heavy atom. The molecule has 8 atom stereocenters. The smallest absolute Gasteiger partial charge is 0.174 e. The van der Waals surface area contributed by atoms with Crippen molar-refractivity contribution in [2.45, 2.75) is 80.1 Å². The van der Waals surface area contributed by atoms with E-state index >= 15 is 0 Å². The number of nitrogens with zero attached hydrogens (tertiary/aromatic N) is 2. The van der Waals surface area contributed by atoms with Crippen LogP contribution in [-0.4, -0.2) is 84.4 Å². The number of likely N-dealkylation sites (tertiary alicyclic amines) is 2. The normalized spacial score (nSPS) is 39.0. The van der Waals surface area contributed by atoms with E-state index in [0.717, 1.165) is 62.9 Å². The monoisotopic (exact) mass is 584 g/mol. The van der Waals surface area contributed by atoms with E-state index in [-0.39, 0.29) is 40.3 Å². The minimum Gasteiger partial charge on any atom is -0.504 e. The Morgan fingerprint density at radius 2 is 1.40 bits per heavy atom. The molecule has 8 heteroatoms. The highest BCUT2D eigenvalue weighted by molar-refractivity contribution is 5.89. The van der Waals surface area contributed by atoms with Gasteiger partial charge in [0.05, 0.1) is 7.11 Å². The second-order valence-corrected chi connectivity index (χ2v) is 14.2. The summed E-state index contributed by atoms with van der Waals surface area (Å²) in [6.45, 7) is 2.08. The van der Waals surface area contributed by atoms with Gasteiger partial charge in [0.1, 0.15) is 5.76 Å². The minimum atomic E-state index is -0.366. The van der Waals surface area contributed by atoms with Gasteiger partial charge in [-0.15, -0.1) is 0 Å². The number of ether oxygens (including phenoxy) is 3. The summed E-state index contributed by atoms with van der Waals surface area (Å²) in [5.74, 6) is 3.96. The van der Waals surface area contributed by atoms with Crippen LogP contribution in [-0.2, 0) is 33.2 Å². The molecular weight excluding hydrogens is 544 g/mol. The number of phenols is 2. The van der Waals surface area contributed by atoms with Crippen molar-refractivity contribution in [2.24, 2.45) is 11.8 Å². The third kappa shape index (κ3) is 3.07. The molecule has 8 aliphatic rings. The molecule has 1 saturated carbocycles. The lowest BCUT2D eigenvalue weighted by Crippen LogP contribution is -2.65. The number of piperidine rings is 2. The van der Waals surface area contributed by atoms with E-state index in [1.165, 1.54) is 16.7 Å². The van der Waals surface area contributed by atoms with E-state index in [4.69, 9.17) is 14.2 Å². The lowest BCUT2D eigenvalue weighted by molar-refractivity contribution is -0.138. The maximum Gasteiger partial charge on any atom is 0.174 e. The fourth-order valence-electron chi connectivity index (χ4n) is 11.0. The van der Waals surface area contributed by atoms with E-state index in [9.17, 15) is 15.0 Å². The fourth-order valence-corrected chi connectivity index (χ4v) is 11.0. The van der Waals surface area contributed by atoms with E-state index < -0.39 is 0 Å². The van der Waals surface area contributed by atoms with E-state index in [2.05, 4.69) is 36.0 Å². The second kappa shape index (κ2) is 8.69. The molecule has 4 bridgehead atoms. The number of phenolic OH excluding ortho intramolecular Hbond substituents is 2. The third-order valence-corrected chi connectivity index (χ3v) is 12.8. The van der Waals surface area contributed by atoms with Crippen molar-refractivity contribution in [1.29, 1.82) is 0 Å². The number of rotatable bonds is 1. The van der Waals surface area contributed by atoms with Crippen LogP contribution >= 0.6 is 0 Å². The molecule has 4 aliphatic heterocycles. The Labute approximate surface area is 252 Å². The van der Waals surface area contributed by atoms with E-state index in [0.29, 0.717) is 41.8 Å². The molecule has 2 N–H and O–H groups in total. The van der Waals surface area contributed by atoms with Crippen LogP contribution in [0.2, 0.25) is 0 Å². The number of likely N-dealkylation sites (N-methyl/N-ethyl adjacent to an activating group) is 2. The molecular formula is C35H40N2O6. The first-order chi connectivity index (χ1) is 20.8. The highest BCUT2D eigenvalue weighted by Gasteiger charge is 2.66. The molecule has 10 rings (SSSR count). The highest BCUT2D eigenvalue weighted by atomic mass is 16.5. The van der Waals surface area contributed by atoms with Crippen LogP contribution in [0.1, 0.15) is 54.4 Å². The Hall–Kier alpha value is -3.23. The standard InChI is InChI=1S/C18H21NO3.C17H19NO3/c1-19-8-7-18-11-4-6-14(21-2)17(18)22-16-13(20)5-3-10(15(16)18)9-12(11)19;1-18-7-6-17-10-3-5-13(20)16(17)21-15-12(19)4-2-9(14(15)17)8-11(10)18/h3,5-6,11-12,17,20H,4,7-9H2,1-2H3;2,4,10-11,16,19H,3,5-8H2,1H3. The second-order valence-electron chi connectivity index (χ2n) is 14.2. The topological polar surface area (TPSA) is 91.7 Å². The first-order valence-electron chi connectivity index (χ1n) is 16.0. The van der Waals surface area contributed by atoms with Gasteiger partial charge < -0.3 is 34.2 Å². The van der Waals surface area contributed by atoms with Crippen molar-refractivity contribution in [3.8, 4) is 23.0 Å². The van der Waals surface area contributed by atoms with Crippen molar-refractivity contribution < 1.29 is 29.2 Å². The number of methoxy groups -OCH3 is 1. The summed E-state index contributed by atoms with van der Waals surface area (Å²) in [6.07, 6.45) is 8.47. The number of allylic oxidation sites excluding steroid dienone is 1. The Morgan fingerprint density at radius 1 is 0.837 bits per heavy atom. The summed E-state index contributed by atoms with van der Waals surface area (Å²) in [5, 5.41) is 20.5. The van der Waals surface area contributed by atoms with Crippen LogP contribution in [0.4, 0.5) is 0 Å². The van der Waals surface area contributed by atoms with Crippen LogP contribution < -0.4 is 9.47 Å². The number of hydrogen-bond acceptors (Lipinski definition) is 8. The number of carbonyl (C=O) groups excluding carboxylic acids is 1. The molecule has 0 radical (unpaired) electrons. The number of benzene rings is 2. The zero-order chi connectivity index (χ0) is 29.4. The van der Waals surface area contributed by atoms with Gasteiger partial charge in [-0.3, -0.25) is 4.79 Å². The predicted molar refractivity (Wildman–Crippen MR) is 159 cm³/mol. The van der Waals surface area contributed by atoms with E-state index in [1.807, 2.05) is 6.07 Å². The number of hydrogen-bond donors (Lipinski definition) is 2. The molecule has 4 heterocycles. The molecule has 2 saturated heterocycles. The van der Waals surface area contributed by atoms with Gasteiger partial charge in [0.15, 0.2) is 41.0 Å². The van der Waals surface area contributed by atoms with Gasteiger partial charge in [-0.05, 0) is 107 Å². The zero-order valence-electron chi connectivity index (χ0n) is 25.1. The quantitative estimate of drug-likeness (QED) is 0.523. The Balaban J connectivity index is 0.000000121. The molecule has 8 nitrogen and oxygen atoms in total. The number of aromatic hydroxyl groups is 2. The molecule has 3 fully saturated rings. The number of Topliss-reactive ketones (excluding diaryl/α,β-unsaturated/α-hetero) is 1. The minimum absolute atomic E-state index is 0.0150. The molecule has 0 amide bonds. The molecule has 8 unspecified atom stereocenters. The van der Waals surface area contributed by atoms with Crippen LogP contribution in [0.15, 0.2) is 36.1 Å². The summed E-state index contributed by atoms with van der Waals surface area (Å²) in [6, 6.07) is 8.69. The van der Waals surface area contributed by atoms with Gasteiger partial charge in [-0.1, -0.05) is 12.1 Å². The summed E-state index contributed by atoms with van der Waals surface area (Å²) < 4.78 is 18.0. The van der Waals surface area contributed by atoms with Gasteiger partial charge in [-0.25, -0.2) is 0 Å². The molecule has 226 valence electrons. The average Bonchev–Trinajstić information content (AvgIpc) is 3.55. The molecule has 2 spiro atoms. The van der Waals surface area contributed by atoms with Crippen molar-refractivity contribution in [3.63, 3.8) is 0 Å².